The Labute approximate surface area is 162 Å². The number of amides is 1. The van der Waals surface area contributed by atoms with Gasteiger partial charge in [0.1, 0.15) is 17.4 Å². The molecule has 1 aliphatic rings. The van der Waals surface area contributed by atoms with Crippen LogP contribution >= 0.6 is 0 Å². The van der Waals surface area contributed by atoms with Gasteiger partial charge in [-0.1, -0.05) is 30.3 Å². The number of fused-ring (bicyclic) bond motifs is 1. The van der Waals surface area contributed by atoms with E-state index >= 15 is 0 Å². The van der Waals surface area contributed by atoms with E-state index in [9.17, 15) is 14.3 Å². The van der Waals surface area contributed by atoms with Gasteiger partial charge in [-0.15, -0.1) is 10.2 Å². The second-order valence-electron chi connectivity index (χ2n) is 7.09. The Bertz CT molecular complexity index is 1000. The van der Waals surface area contributed by atoms with Gasteiger partial charge in [0.05, 0.1) is 18.2 Å². The fraction of sp³-hybridized carbons (Fsp3) is 0.286. The highest BCUT2D eigenvalue weighted by Gasteiger charge is 2.30. The molecule has 28 heavy (non-hydrogen) atoms. The third-order valence-electron chi connectivity index (χ3n) is 5.05. The predicted molar refractivity (Wildman–Crippen MR) is 101 cm³/mol. The third kappa shape index (κ3) is 3.47. The van der Waals surface area contributed by atoms with Crippen molar-refractivity contribution in [3.8, 4) is 5.75 Å². The molecule has 0 unspecified atom stereocenters. The molecular weight excluding hydrogens is 359 g/mol. The molecule has 1 N–H and O–H groups in total. The zero-order valence-electron chi connectivity index (χ0n) is 15.5. The van der Waals surface area contributed by atoms with Crippen LogP contribution < -0.4 is 0 Å². The molecule has 144 valence electrons. The van der Waals surface area contributed by atoms with E-state index in [1.165, 1.54) is 17.7 Å². The first-order chi connectivity index (χ1) is 13.5. The van der Waals surface area contributed by atoms with Crippen LogP contribution in [-0.4, -0.2) is 37.2 Å². The highest BCUT2D eigenvalue weighted by molar-refractivity contribution is 5.94. The molecule has 0 fully saturated rings. The lowest BCUT2D eigenvalue weighted by Gasteiger charge is -2.32. The molecule has 0 aliphatic carbocycles. The van der Waals surface area contributed by atoms with Gasteiger partial charge in [-0.2, -0.15) is 0 Å². The van der Waals surface area contributed by atoms with Crippen molar-refractivity contribution in [3.05, 3.63) is 77.1 Å². The minimum Gasteiger partial charge on any atom is -0.508 e. The normalized spacial score (nSPS) is 16.1. The Balaban J connectivity index is 1.51. The summed E-state index contributed by atoms with van der Waals surface area (Å²) in [5.41, 5.74) is 1.19. The van der Waals surface area contributed by atoms with Crippen LogP contribution in [0.4, 0.5) is 4.39 Å². The number of carbonyl (C=O) groups is 1. The number of phenolic OH excluding ortho intramolecular Hbond substituents is 1. The fourth-order valence-corrected chi connectivity index (χ4v) is 3.69. The number of rotatable bonds is 4. The van der Waals surface area contributed by atoms with Crippen LogP contribution in [0.5, 0.6) is 5.75 Å². The minimum absolute atomic E-state index is 0.00588. The van der Waals surface area contributed by atoms with Crippen LogP contribution in [0.15, 0.2) is 48.5 Å². The lowest BCUT2D eigenvalue weighted by molar-refractivity contribution is 0.0675. The maximum absolute atomic E-state index is 14.1. The molecule has 0 saturated carbocycles. The van der Waals surface area contributed by atoms with E-state index in [2.05, 4.69) is 26.9 Å². The number of carbonyl (C=O) groups excluding carboxylic acids is 1. The van der Waals surface area contributed by atoms with Crippen molar-refractivity contribution in [2.45, 2.75) is 32.4 Å². The van der Waals surface area contributed by atoms with E-state index in [-0.39, 0.29) is 23.9 Å². The lowest BCUT2D eigenvalue weighted by Crippen LogP contribution is -2.41. The summed E-state index contributed by atoms with van der Waals surface area (Å²) in [5, 5.41) is 17.9. The molecule has 1 atom stereocenters. The first-order valence-corrected chi connectivity index (χ1v) is 9.27. The Morgan fingerprint density at radius 3 is 2.71 bits per heavy atom. The molecule has 1 aromatic heterocycles. The second-order valence-corrected chi connectivity index (χ2v) is 7.09. The molecule has 1 amide bonds. The quantitative estimate of drug-likeness (QED) is 0.755. The number of aryl methyl sites for hydroxylation is 2. The smallest absolute Gasteiger partial charge is 0.257 e. The van der Waals surface area contributed by atoms with Crippen molar-refractivity contribution in [1.82, 2.24) is 19.7 Å². The summed E-state index contributed by atoms with van der Waals surface area (Å²) in [4.78, 5) is 14.3. The van der Waals surface area contributed by atoms with Gasteiger partial charge in [0.2, 0.25) is 0 Å². The van der Waals surface area contributed by atoms with Crippen LogP contribution in [0.1, 0.15) is 40.5 Å². The molecule has 3 aromatic rings. The van der Waals surface area contributed by atoms with Crippen molar-refractivity contribution < 1.29 is 14.3 Å². The van der Waals surface area contributed by atoms with E-state index in [0.717, 1.165) is 24.7 Å². The van der Waals surface area contributed by atoms with Crippen molar-refractivity contribution in [2.75, 3.05) is 6.54 Å². The number of phenols is 1. The van der Waals surface area contributed by atoms with Crippen molar-refractivity contribution in [2.24, 2.45) is 0 Å². The highest BCUT2D eigenvalue weighted by atomic mass is 19.1. The average Bonchev–Trinajstić information content (AvgIpc) is 3.10. The number of aromatic hydroxyl groups is 1. The first kappa shape index (κ1) is 18.2. The monoisotopic (exact) mass is 380 g/mol. The summed E-state index contributed by atoms with van der Waals surface area (Å²) in [6.07, 6.45) is 1.63. The predicted octanol–water partition coefficient (Wildman–Crippen LogP) is 3.13. The molecule has 0 spiro atoms. The van der Waals surface area contributed by atoms with E-state index in [0.29, 0.717) is 12.4 Å². The highest BCUT2D eigenvalue weighted by Crippen LogP contribution is 2.25. The summed E-state index contributed by atoms with van der Waals surface area (Å²) >= 11 is 0. The lowest BCUT2D eigenvalue weighted by atomic mass is 10.1. The molecule has 7 heteroatoms. The Morgan fingerprint density at radius 1 is 1.18 bits per heavy atom. The van der Waals surface area contributed by atoms with E-state index < -0.39 is 11.7 Å². The topological polar surface area (TPSA) is 71.2 Å². The maximum atomic E-state index is 14.1. The van der Waals surface area contributed by atoms with E-state index in [4.69, 9.17) is 0 Å². The minimum atomic E-state index is -0.728. The van der Waals surface area contributed by atoms with Crippen molar-refractivity contribution in [1.29, 1.82) is 0 Å². The van der Waals surface area contributed by atoms with E-state index in [1.54, 1.807) is 4.90 Å². The standard InChI is InChI=1S/C21H21FN4O2/c1-14-12-25(21(28)17-9-8-16(27)11-18(17)22)13-20-24-23-19(26(14)20)10-7-15-5-3-2-4-6-15/h2-6,8-9,11,14,27H,7,10,12-13H2,1H3/t14-/m0/s1. The van der Waals surface area contributed by atoms with Crippen molar-refractivity contribution in [3.63, 3.8) is 0 Å². The molecule has 6 nitrogen and oxygen atoms in total. The number of aromatic nitrogens is 3. The Kier molecular flexibility index (Phi) is 4.81. The van der Waals surface area contributed by atoms with Crippen LogP contribution in [0.3, 0.4) is 0 Å². The van der Waals surface area contributed by atoms with Gasteiger partial charge in [-0.25, -0.2) is 4.39 Å². The number of hydrogen-bond donors (Lipinski definition) is 1. The summed E-state index contributed by atoms with van der Waals surface area (Å²) in [5.74, 6) is 0.255. The van der Waals surface area contributed by atoms with Crippen LogP contribution in [0.2, 0.25) is 0 Å². The fourth-order valence-electron chi connectivity index (χ4n) is 3.69. The summed E-state index contributed by atoms with van der Waals surface area (Å²) in [7, 11) is 0. The van der Waals surface area contributed by atoms with Gasteiger partial charge in [0.15, 0.2) is 5.82 Å². The first-order valence-electron chi connectivity index (χ1n) is 9.27. The van der Waals surface area contributed by atoms with Gasteiger partial charge in [0.25, 0.3) is 5.91 Å². The molecule has 2 heterocycles. The molecule has 0 bridgehead atoms. The van der Waals surface area contributed by atoms with Gasteiger partial charge >= 0.3 is 0 Å². The molecule has 0 radical (unpaired) electrons. The average molecular weight is 380 g/mol. The van der Waals surface area contributed by atoms with Crippen LogP contribution in [0, 0.1) is 5.82 Å². The number of hydrogen-bond acceptors (Lipinski definition) is 4. The Hall–Kier alpha value is -3.22. The molecule has 2 aromatic carbocycles. The zero-order valence-corrected chi connectivity index (χ0v) is 15.5. The number of benzene rings is 2. The van der Waals surface area contributed by atoms with Crippen LogP contribution in [0.25, 0.3) is 0 Å². The van der Waals surface area contributed by atoms with Gasteiger partial charge in [-0.05, 0) is 31.0 Å². The SMILES string of the molecule is C[C@H]1CN(C(=O)c2ccc(O)cc2F)Cc2nnc(CCc3ccccc3)n21. The van der Waals surface area contributed by atoms with Crippen molar-refractivity contribution >= 4 is 5.91 Å². The Morgan fingerprint density at radius 2 is 1.96 bits per heavy atom. The second kappa shape index (κ2) is 7.42. The van der Waals surface area contributed by atoms with E-state index in [1.807, 2.05) is 25.1 Å². The van der Waals surface area contributed by atoms with Gasteiger partial charge in [-0.3, -0.25) is 4.79 Å². The molecular formula is C21H21FN4O2. The van der Waals surface area contributed by atoms with Gasteiger partial charge in [0, 0.05) is 19.0 Å². The number of halogens is 1. The molecule has 1 aliphatic heterocycles. The summed E-state index contributed by atoms with van der Waals surface area (Å²) < 4.78 is 16.2. The summed E-state index contributed by atoms with van der Waals surface area (Å²) in [6, 6.07) is 13.8. The third-order valence-corrected chi connectivity index (χ3v) is 5.05. The summed E-state index contributed by atoms with van der Waals surface area (Å²) in [6.45, 7) is 2.73. The number of nitrogens with zero attached hydrogens (tertiary/aromatic N) is 4. The molecule has 4 rings (SSSR count). The molecule has 0 saturated heterocycles. The van der Waals surface area contributed by atoms with Crippen LogP contribution in [-0.2, 0) is 19.4 Å². The maximum Gasteiger partial charge on any atom is 0.257 e. The largest absolute Gasteiger partial charge is 0.508 e. The zero-order chi connectivity index (χ0) is 19.7. The van der Waals surface area contributed by atoms with Gasteiger partial charge < -0.3 is 14.6 Å².